The van der Waals surface area contributed by atoms with Crippen molar-refractivity contribution in [2.24, 2.45) is 5.73 Å². The maximum absolute atomic E-state index is 11.1. The molecular formula is C9H16NO10P. The Balaban J connectivity index is 3.27. The maximum atomic E-state index is 11.1. The van der Waals surface area contributed by atoms with Crippen molar-refractivity contribution >= 4 is 13.8 Å². The van der Waals surface area contributed by atoms with E-state index in [9.17, 15) is 24.7 Å². The van der Waals surface area contributed by atoms with Crippen molar-refractivity contribution in [3.8, 4) is 0 Å². The van der Waals surface area contributed by atoms with E-state index in [-0.39, 0.29) is 6.42 Å². The van der Waals surface area contributed by atoms with Crippen LogP contribution in [0.2, 0.25) is 0 Å². The number of rotatable bonds is 6. The average molecular weight is 329 g/mol. The molecule has 0 saturated heterocycles. The normalized spacial score (nSPS) is 25.4. The monoisotopic (exact) mass is 329 g/mol. The lowest BCUT2D eigenvalue weighted by molar-refractivity contribution is -0.265. The van der Waals surface area contributed by atoms with Crippen LogP contribution in [0.4, 0.5) is 0 Å². The number of phosphoric acid groups is 1. The molecule has 0 saturated carbocycles. The molecule has 0 aromatic carbocycles. The van der Waals surface area contributed by atoms with Gasteiger partial charge in [0.2, 0.25) is 17.7 Å². The zero-order chi connectivity index (χ0) is 16.6. The number of carbonyl (C=O) groups excluding carboxylic acids is 1. The number of hydrogen-bond donors (Lipinski definition) is 7. The van der Waals surface area contributed by atoms with E-state index in [2.05, 4.69) is 9.26 Å². The van der Waals surface area contributed by atoms with Crippen molar-refractivity contribution in [3.63, 3.8) is 0 Å². The van der Waals surface area contributed by atoms with Gasteiger partial charge in [0.25, 0.3) is 0 Å². The molecule has 12 heteroatoms. The summed E-state index contributed by atoms with van der Waals surface area (Å²) in [6.07, 6.45) is -4.36. The highest BCUT2D eigenvalue weighted by atomic mass is 31.2. The molecule has 1 aliphatic rings. The largest absolute Gasteiger partial charge is 0.505 e. The maximum Gasteiger partial charge on any atom is 0.472 e. The highest BCUT2D eigenvalue weighted by Gasteiger charge is 2.58. The zero-order valence-electron chi connectivity index (χ0n) is 10.8. The Morgan fingerprint density at radius 1 is 1.48 bits per heavy atom. The van der Waals surface area contributed by atoms with E-state index in [1.807, 2.05) is 0 Å². The van der Waals surface area contributed by atoms with Gasteiger partial charge in [-0.1, -0.05) is 6.92 Å². The summed E-state index contributed by atoms with van der Waals surface area (Å²) in [7, 11) is -5.38. The van der Waals surface area contributed by atoms with Gasteiger partial charge in [-0.3, -0.25) is 0 Å². The van der Waals surface area contributed by atoms with Crippen LogP contribution in [0.15, 0.2) is 11.5 Å². The van der Waals surface area contributed by atoms with Gasteiger partial charge < -0.3 is 40.7 Å². The second-order valence-corrected chi connectivity index (χ2v) is 5.53. The van der Waals surface area contributed by atoms with E-state index < -0.39 is 49.3 Å². The first-order valence-electron chi connectivity index (χ1n) is 5.69. The molecule has 0 fully saturated rings. The summed E-state index contributed by atoms with van der Waals surface area (Å²) in [4.78, 5) is 28.7. The molecule has 0 aromatic heterocycles. The first-order chi connectivity index (χ1) is 9.44. The molecule has 4 atom stereocenters. The molecule has 2 unspecified atom stereocenters. The van der Waals surface area contributed by atoms with E-state index in [1.54, 1.807) is 0 Å². The summed E-state index contributed by atoms with van der Waals surface area (Å²) < 4.78 is 19.4. The minimum absolute atomic E-state index is 0.0467. The highest BCUT2D eigenvalue weighted by Crippen LogP contribution is 2.46. The van der Waals surface area contributed by atoms with Crippen LogP contribution >= 0.6 is 7.82 Å². The van der Waals surface area contributed by atoms with E-state index in [4.69, 9.17) is 20.6 Å². The van der Waals surface area contributed by atoms with Crippen molar-refractivity contribution in [3.05, 3.63) is 11.5 Å². The molecule has 1 aliphatic heterocycles. The summed E-state index contributed by atoms with van der Waals surface area (Å²) in [6.45, 7) is 1.49. The molecule has 11 nitrogen and oxygen atoms in total. The summed E-state index contributed by atoms with van der Waals surface area (Å²) >= 11 is 0. The fraction of sp³-hybridized carbons (Fsp3) is 0.667. The molecule has 1 rings (SSSR count). The summed E-state index contributed by atoms with van der Waals surface area (Å²) in [5.41, 5.74) is 5.46. The van der Waals surface area contributed by atoms with Gasteiger partial charge in [-0.05, 0) is 6.42 Å². The van der Waals surface area contributed by atoms with E-state index in [0.717, 1.165) is 0 Å². The molecule has 0 aromatic rings. The Morgan fingerprint density at radius 3 is 2.33 bits per heavy atom. The Labute approximate surface area is 118 Å². The molecule has 0 aliphatic carbocycles. The molecule has 0 spiro atoms. The second-order valence-electron chi connectivity index (χ2n) is 4.37. The predicted molar refractivity (Wildman–Crippen MR) is 64.5 cm³/mol. The molecule has 0 amide bonds. The molecule has 0 radical (unpaired) electrons. The number of esters is 1. The number of ether oxygens (including phenoxy) is 1. The predicted octanol–water partition coefficient (Wildman–Crippen LogP) is -1.86. The molecule has 122 valence electrons. The third-order valence-electron chi connectivity index (χ3n) is 2.85. The van der Waals surface area contributed by atoms with Crippen LogP contribution < -0.4 is 5.73 Å². The van der Waals surface area contributed by atoms with Crippen LogP contribution in [-0.2, 0) is 18.6 Å². The Hall–Kier alpha value is -1.20. The third kappa shape index (κ3) is 3.52. The lowest BCUT2D eigenvalue weighted by atomic mass is 9.95. The number of carbonyl (C=O) groups is 1. The fourth-order valence-electron chi connectivity index (χ4n) is 1.71. The SMILES string of the molecule is CCC(N)C(O)[C@@](O)(OP(=O)(O)O)[C@H]1OC(=O)C(O)=C1O. The molecular weight excluding hydrogens is 313 g/mol. The van der Waals surface area contributed by atoms with Gasteiger partial charge in [0.15, 0.2) is 5.76 Å². The van der Waals surface area contributed by atoms with Crippen molar-refractivity contribution in [2.75, 3.05) is 0 Å². The van der Waals surface area contributed by atoms with Crippen molar-refractivity contribution < 1.29 is 48.8 Å². The van der Waals surface area contributed by atoms with Gasteiger partial charge in [-0.25, -0.2) is 13.9 Å². The van der Waals surface area contributed by atoms with E-state index >= 15 is 0 Å². The van der Waals surface area contributed by atoms with Crippen LogP contribution in [0.5, 0.6) is 0 Å². The summed E-state index contributed by atoms with van der Waals surface area (Å²) in [5.74, 6) is -7.27. The molecule has 21 heavy (non-hydrogen) atoms. The molecule has 0 bridgehead atoms. The fourth-order valence-corrected chi connectivity index (χ4v) is 2.29. The van der Waals surface area contributed by atoms with Gasteiger partial charge in [-0.15, -0.1) is 0 Å². The van der Waals surface area contributed by atoms with Gasteiger partial charge in [0.1, 0.15) is 6.10 Å². The lowest BCUT2D eigenvalue weighted by Gasteiger charge is -2.37. The van der Waals surface area contributed by atoms with Crippen molar-refractivity contribution in [2.45, 2.75) is 37.4 Å². The number of cyclic esters (lactones) is 1. The molecule has 1 heterocycles. The van der Waals surface area contributed by atoms with Gasteiger partial charge in [0, 0.05) is 6.04 Å². The van der Waals surface area contributed by atoms with E-state index in [0.29, 0.717) is 0 Å². The quantitative estimate of drug-likeness (QED) is 0.163. The average Bonchev–Trinajstić information content (AvgIpc) is 2.63. The number of nitrogens with two attached hydrogens (primary N) is 1. The van der Waals surface area contributed by atoms with Gasteiger partial charge in [-0.2, -0.15) is 0 Å². The first kappa shape index (κ1) is 17.9. The second kappa shape index (κ2) is 5.89. The van der Waals surface area contributed by atoms with Gasteiger partial charge >= 0.3 is 13.8 Å². The third-order valence-corrected chi connectivity index (χ3v) is 3.38. The number of aliphatic hydroxyl groups excluding tert-OH is 3. The summed E-state index contributed by atoms with van der Waals surface area (Å²) in [5, 5.41) is 38.8. The Morgan fingerprint density at radius 2 is 2.00 bits per heavy atom. The van der Waals surface area contributed by atoms with Crippen molar-refractivity contribution in [1.29, 1.82) is 0 Å². The number of aliphatic hydroxyl groups is 4. The van der Waals surface area contributed by atoms with Crippen LogP contribution in [-0.4, -0.2) is 60.2 Å². The molecule has 8 N–H and O–H groups in total. The van der Waals surface area contributed by atoms with Gasteiger partial charge in [0.05, 0.1) is 0 Å². The van der Waals surface area contributed by atoms with Crippen LogP contribution in [0.25, 0.3) is 0 Å². The van der Waals surface area contributed by atoms with Crippen LogP contribution in [0.1, 0.15) is 13.3 Å². The Bertz CT molecular complexity index is 501. The topological polar surface area (TPSA) is 200 Å². The lowest BCUT2D eigenvalue weighted by Crippen LogP contribution is -2.60. The van der Waals surface area contributed by atoms with E-state index in [1.165, 1.54) is 6.92 Å². The smallest absolute Gasteiger partial charge is 0.472 e. The number of phosphoric ester groups is 1. The number of hydrogen-bond acceptors (Lipinski definition) is 9. The first-order valence-corrected chi connectivity index (χ1v) is 7.22. The standard InChI is InChI=1S/C9H16NO10P/c1-2-3(10)6(13)9(15,20-21(16,17)18)7-4(11)5(12)8(14)19-7/h3,6-7,11-13,15H,2,10H2,1H3,(H2,16,17,18)/t3?,6?,7-,9+/m0/s1. The minimum Gasteiger partial charge on any atom is -0.505 e. The van der Waals surface area contributed by atoms with Crippen molar-refractivity contribution in [1.82, 2.24) is 0 Å². The van der Waals surface area contributed by atoms with Crippen LogP contribution in [0, 0.1) is 0 Å². The Kier molecular flexibility index (Phi) is 5.01. The minimum atomic E-state index is -5.38. The van der Waals surface area contributed by atoms with Crippen LogP contribution in [0.3, 0.4) is 0 Å². The zero-order valence-corrected chi connectivity index (χ0v) is 11.7. The summed E-state index contributed by atoms with van der Waals surface area (Å²) in [6, 6.07) is -1.24. The highest BCUT2D eigenvalue weighted by molar-refractivity contribution is 7.46.